The molecule has 0 nitrogen and oxygen atoms in total. The fourth-order valence-corrected chi connectivity index (χ4v) is 10.8. The van der Waals surface area contributed by atoms with Gasteiger partial charge in [-0.2, -0.15) is 0 Å². The van der Waals surface area contributed by atoms with Crippen LogP contribution in [0.25, 0.3) is 10.8 Å². The molecule has 0 heteroatoms. The van der Waals surface area contributed by atoms with Gasteiger partial charge in [-0.3, -0.25) is 0 Å². The van der Waals surface area contributed by atoms with Crippen molar-refractivity contribution in [2.75, 3.05) is 0 Å². The molecule has 8 aliphatic carbocycles. The summed E-state index contributed by atoms with van der Waals surface area (Å²) in [7, 11) is 0. The molecular formula is C30H36. The second-order valence-electron chi connectivity index (χ2n) is 13.2. The van der Waals surface area contributed by atoms with E-state index in [1.165, 1.54) is 43.9 Å². The molecule has 8 aliphatic rings. The lowest BCUT2D eigenvalue weighted by Crippen LogP contribution is -2.48. The van der Waals surface area contributed by atoms with Crippen LogP contribution in [0.15, 0.2) is 36.4 Å². The second-order valence-corrected chi connectivity index (χ2v) is 13.2. The van der Waals surface area contributed by atoms with Crippen LogP contribution in [0.5, 0.6) is 0 Å². The van der Waals surface area contributed by atoms with Crippen molar-refractivity contribution in [3.05, 3.63) is 47.5 Å². The molecule has 8 bridgehead atoms. The Bertz CT molecular complexity index is 876. The smallest absolute Gasteiger partial charge is 0.00388 e. The van der Waals surface area contributed by atoms with E-state index >= 15 is 0 Å². The summed E-state index contributed by atoms with van der Waals surface area (Å²) in [5.41, 5.74) is 4.47. The molecule has 0 saturated heterocycles. The highest BCUT2D eigenvalue weighted by Gasteiger charge is 2.53. The molecule has 0 atom stereocenters. The monoisotopic (exact) mass is 396 g/mol. The lowest BCUT2D eigenvalue weighted by molar-refractivity contribution is -0.00519. The van der Waals surface area contributed by atoms with E-state index in [0.29, 0.717) is 10.8 Å². The van der Waals surface area contributed by atoms with Gasteiger partial charge >= 0.3 is 0 Å². The van der Waals surface area contributed by atoms with Crippen LogP contribution in [0.2, 0.25) is 0 Å². The van der Waals surface area contributed by atoms with Crippen LogP contribution in [0.3, 0.4) is 0 Å². The number of rotatable bonds is 2. The van der Waals surface area contributed by atoms with Gasteiger partial charge < -0.3 is 0 Å². The van der Waals surface area contributed by atoms with Crippen molar-refractivity contribution >= 4 is 10.8 Å². The van der Waals surface area contributed by atoms with Crippen molar-refractivity contribution in [1.29, 1.82) is 0 Å². The summed E-state index contributed by atoms with van der Waals surface area (Å²) in [5.74, 6) is 6.20. The Hall–Kier alpha value is -1.30. The van der Waals surface area contributed by atoms with Gasteiger partial charge in [0.05, 0.1) is 0 Å². The molecular weight excluding hydrogens is 360 g/mol. The van der Waals surface area contributed by atoms with Crippen molar-refractivity contribution < 1.29 is 0 Å². The minimum absolute atomic E-state index is 0.527. The molecule has 2 aromatic rings. The molecule has 0 spiro atoms. The van der Waals surface area contributed by atoms with Gasteiger partial charge in [-0.05, 0) is 145 Å². The highest BCUT2D eigenvalue weighted by molar-refractivity contribution is 5.84. The van der Waals surface area contributed by atoms with Gasteiger partial charge in [0.1, 0.15) is 0 Å². The topological polar surface area (TPSA) is 0 Å². The molecule has 0 aliphatic heterocycles. The van der Waals surface area contributed by atoms with Crippen molar-refractivity contribution in [2.45, 2.75) is 87.9 Å². The molecule has 2 aromatic carbocycles. The summed E-state index contributed by atoms with van der Waals surface area (Å²) in [6, 6.07) is 15.3. The molecule has 0 N–H and O–H groups in total. The predicted octanol–water partition coefficient (Wildman–Crippen LogP) is 7.78. The van der Waals surface area contributed by atoms with Crippen LogP contribution in [-0.2, 0) is 10.8 Å². The zero-order chi connectivity index (χ0) is 19.5. The van der Waals surface area contributed by atoms with Crippen molar-refractivity contribution in [3.63, 3.8) is 0 Å². The fraction of sp³-hybridized carbons (Fsp3) is 0.667. The van der Waals surface area contributed by atoms with Gasteiger partial charge in [0, 0.05) is 0 Å². The first-order chi connectivity index (χ1) is 14.6. The highest BCUT2D eigenvalue weighted by atomic mass is 14.6. The summed E-state index contributed by atoms with van der Waals surface area (Å²) in [6.07, 6.45) is 18.2. The number of hydrogen-bond acceptors (Lipinski definition) is 0. The van der Waals surface area contributed by atoms with Gasteiger partial charge in [-0.1, -0.05) is 36.4 Å². The zero-order valence-electron chi connectivity index (χ0n) is 18.4. The molecule has 156 valence electrons. The van der Waals surface area contributed by atoms with Gasteiger partial charge in [0.15, 0.2) is 0 Å². The largest absolute Gasteiger partial charge is 0.0578 e. The average Bonchev–Trinajstić information content (AvgIpc) is 2.71. The maximum atomic E-state index is 2.66. The van der Waals surface area contributed by atoms with E-state index in [0.717, 1.165) is 35.5 Å². The summed E-state index contributed by atoms with van der Waals surface area (Å²) >= 11 is 0. The lowest BCUT2D eigenvalue weighted by Gasteiger charge is -2.57. The van der Waals surface area contributed by atoms with Crippen LogP contribution in [0.1, 0.15) is 88.2 Å². The average molecular weight is 397 g/mol. The molecule has 0 amide bonds. The SMILES string of the molecule is c1cc2ccc(C34CC5CC(CC(C5)C3)C4)cc2cc1C12CC3CC(CC(C3)C1)C2. The molecule has 8 fully saturated rings. The van der Waals surface area contributed by atoms with E-state index in [-0.39, 0.29) is 0 Å². The van der Waals surface area contributed by atoms with Crippen molar-refractivity contribution in [2.24, 2.45) is 35.5 Å². The van der Waals surface area contributed by atoms with Gasteiger partial charge in [0.2, 0.25) is 0 Å². The van der Waals surface area contributed by atoms with Crippen molar-refractivity contribution in [1.82, 2.24) is 0 Å². The van der Waals surface area contributed by atoms with E-state index in [1.807, 2.05) is 0 Å². The summed E-state index contributed by atoms with van der Waals surface area (Å²) < 4.78 is 0. The van der Waals surface area contributed by atoms with Crippen molar-refractivity contribution in [3.8, 4) is 0 Å². The molecule has 0 unspecified atom stereocenters. The maximum Gasteiger partial charge on any atom is -0.00388 e. The quantitative estimate of drug-likeness (QED) is 0.486. The molecule has 0 radical (unpaired) electrons. The Labute approximate surface area is 181 Å². The van der Waals surface area contributed by atoms with Crippen LogP contribution < -0.4 is 0 Å². The Morgan fingerprint density at radius 1 is 0.433 bits per heavy atom. The minimum atomic E-state index is 0.527. The first kappa shape index (κ1) is 17.3. The lowest BCUT2D eigenvalue weighted by atomic mass is 9.47. The third kappa shape index (κ3) is 2.35. The molecule has 0 heterocycles. The van der Waals surface area contributed by atoms with Gasteiger partial charge in [0.25, 0.3) is 0 Å². The first-order valence-electron chi connectivity index (χ1n) is 13.2. The third-order valence-electron chi connectivity index (χ3n) is 11.1. The Morgan fingerprint density at radius 2 is 0.767 bits per heavy atom. The fourth-order valence-electron chi connectivity index (χ4n) is 10.8. The van der Waals surface area contributed by atoms with Crippen LogP contribution in [0.4, 0.5) is 0 Å². The minimum Gasteiger partial charge on any atom is -0.0578 e. The summed E-state index contributed by atoms with van der Waals surface area (Å²) in [6.45, 7) is 0. The highest BCUT2D eigenvalue weighted by Crippen LogP contribution is 2.62. The molecule has 30 heavy (non-hydrogen) atoms. The van der Waals surface area contributed by atoms with Gasteiger partial charge in [-0.25, -0.2) is 0 Å². The first-order valence-corrected chi connectivity index (χ1v) is 13.2. The van der Waals surface area contributed by atoms with E-state index in [1.54, 1.807) is 55.0 Å². The Kier molecular flexibility index (Phi) is 3.30. The summed E-state index contributed by atoms with van der Waals surface area (Å²) in [4.78, 5) is 0. The number of hydrogen-bond donors (Lipinski definition) is 0. The normalized spacial score (nSPS) is 48.0. The van der Waals surface area contributed by atoms with E-state index in [2.05, 4.69) is 36.4 Å². The molecule has 0 aromatic heterocycles. The summed E-state index contributed by atoms with van der Waals surface area (Å²) in [5, 5.41) is 3.02. The van der Waals surface area contributed by atoms with Crippen LogP contribution in [-0.4, -0.2) is 0 Å². The molecule has 10 rings (SSSR count). The number of fused-ring (bicyclic) bond motifs is 1. The van der Waals surface area contributed by atoms with Crippen LogP contribution in [0, 0.1) is 35.5 Å². The Morgan fingerprint density at radius 3 is 1.10 bits per heavy atom. The van der Waals surface area contributed by atoms with E-state index in [9.17, 15) is 0 Å². The number of benzene rings is 2. The Balaban J connectivity index is 1.21. The predicted molar refractivity (Wildman–Crippen MR) is 124 cm³/mol. The van der Waals surface area contributed by atoms with Crippen LogP contribution >= 0.6 is 0 Å². The standard InChI is InChI=1S/C30H36/c1-3-27(29-13-19-5-20(14-29)7-21(6-19)15-29)11-26-12-28(4-2-25(1)26)30-16-22-8-23(17-30)10-24(9-22)18-30/h1-4,11-12,19-24H,5-10,13-18H2. The molecule has 8 saturated carbocycles. The second kappa shape index (κ2) is 5.73. The van der Waals surface area contributed by atoms with E-state index < -0.39 is 0 Å². The third-order valence-corrected chi connectivity index (χ3v) is 11.1. The maximum absolute atomic E-state index is 2.66. The van der Waals surface area contributed by atoms with E-state index in [4.69, 9.17) is 0 Å². The zero-order valence-corrected chi connectivity index (χ0v) is 18.4. The van der Waals surface area contributed by atoms with Gasteiger partial charge in [-0.15, -0.1) is 0 Å².